The molecule has 0 bridgehead atoms. The van der Waals surface area contributed by atoms with Crippen molar-refractivity contribution in [3.8, 4) is 0 Å². The van der Waals surface area contributed by atoms with Crippen molar-refractivity contribution < 1.29 is 9.59 Å². The zero-order valence-electron chi connectivity index (χ0n) is 16.7. The van der Waals surface area contributed by atoms with E-state index >= 15 is 0 Å². The van der Waals surface area contributed by atoms with Gasteiger partial charge in [-0.15, -0.1) is 0 Å². The molecule has 0 unspecified atom stereocenters. The van der Waals surface area contributed by atoms with E-state index in [1.807, 2.05) is 43.1 Å². The van der Waals surface area contributed by atoms with E-state index in [0.29, 0.717) is 23.9 Å². The second kappa shape index (κ2) is 9.17. The molecule has 0 radical (unpaired) electrons. The molecule has 26 heavy (non-hydrogen) atoms. The first-order chi connectivity index (χ1) is 12.3. The predicted molar refractivity (Wildman–Crippen MR) is 105 cm³/mol. The fourth-order valence-electron chi connectivity index (χ4n) is 3.62. The van der Waals surface area contributed by atoms with E-state index in [1.165, 1.54) is 12.8 Å². The maximum Gasteiger partial charge on any atom is 0.251 e. The second-order valence-electron chi connectivity index (χ2n) is 7.75. The van der Waals surface area contributed by atoms with E-state index < -0.39 is 0 Å². The lowest BCUT2D eigenvalue weighted by atomic mass is 9.78. The molecule has 1 fully saturated rings. The highest BCUT2D eigenvalue weighted by atomic mass is 16.2. The minimum Gasteiger partial charge on any atom is -0.355 e. The number of carbonyl (C=O) groups is 2. The third kappa shape index (κ3) is 5.07. The number of hydrogen-bond donors (Lipinski definition) is 2. The van der Waals surface area contributed by atoms with E-state index in [9.17, 15) is 9.59 Å². The van der Waals surface area contributed by atoms with Crippen LogP contribution in [0.4, 0.5) is 0 Å². The summed E-state index contributed by atoms with van der Waals surface area (Å²) in [6, 6.07) is 7.61. The molecule has 0 heterocycles. The molecule has 1 aliphatic carbocycles. The Bertz CT molecular complexity index is 614. The average molecular weight is 360 g/mol. The van der Waals surface area contributed by atoms with Crippen LogP contribution >= 0.6 is 0 Å². The number of nitrogens with zero attached hydrogens (tertiary/aromatic N) is 1. The highest BCUT2D eigenvalue weighted by Gasteiger charge is 2.30. The molecule has 2 amide bonds. The summed E-state index contributed by atoms with van der Waals surface area (Å²) in [5, 5.41) is 5.88. The summed E-state index contributed by atoms with van der Waals surface area (Å²) in [6.45, 7) is 7.14. The van der Waals surface area contributed by atoms with Crippen LogP contribution in [0.2, 0.25) is 0 Å². The van der Waals surface area contributed by atoms with Gasteiger partial charge in [-0.2, -0.15) is 0 Å². The molecule has 144 valence electrons. The first kappa shape index (κ1) is 20.4. The third-order valence-corrected chi connectivity index (χ3v) is 5.95. The van der Waals surface area contributed by atoms with Gasteiger partial charge in [0.15, 0.2) is 0 Å². The van der Waals surface area contributed by atoms with Gasteiger partial charge in [-0.05, 0) is 49.9 Å². The Morgan fingerprint density at radius 1 is 1.19 bits per heavy atom. The summed E-state index contributed by atoms with van der Waals surface area (Å²) in [5.41, 5.74) is 1.73. The normalized spacial score (nSPS) is 24.2. The Labute approximate surface area is 157 Å². The number of benzene rings is 1. The Morgan fingerprint density at radius 2 is 1.85 bits per heavy atom. The summed E-state index contributed by atoms with van der Waals surface area (Å²) in [7, 11) is 3.59. The van der Waals surface area contributed by atoms with E-state index in [2.05, 4.69) is 24.5 Å². The Balaban J connectivity index is 1.90. The highest BCUT2D eigenvalue weighted by Crippen LogP contribution is 2.29. The number of rotatable bonds is 6. The van der Waals surface area contributed by atoms with Gasteiger partial charge in [-0.1, -0.05) is 38.8 Å². The van der Waals surface area contributed by atoms with Crippen molar-refractivity contribution in [3.63, 3.8) is 0 Å². The van der Waals surface area contributed by atoms with Gasteiger partial charge in [-0.3, -0.25) is 14.5 Å². The molecule has 1 saturated carbocycles. The van der Waals surface area contributed by atoms with Crippen LogP contribution in [0.1, 0.15) is 56.0 Å². The number of likely N-dealkylation sites (N-methyl/N-ethyl adjacent to an activating group) is 1. The van der Waals surface area contributed by atoms with Crippen molar-refractivity contribution >= 4 is 11.8 Å². The maximum absolute atomic E-state index is 12.7. The van der Waals surface area contributed by atoms with Gasteiger partial charge in [-0.25, -0.2) is 0 Å². The summed E-state index contributed by atoms with van der Waals surface area (Å²) in [5.74, 6) is 1.21. The molecular weight excluding hydrogens is 326 g/mol. The van der Waals surface area contributed by atoms with Crippen LogP contribution in [0.5, 0.6) is 0 Å². The molecule has 1 aromatic carbocycles. The number of hydrogen-bond acceptors (Lipinski definition) is 3. The second-order valence-corrected chi connectivity index (χ2v) is 7.75. The molecule has 4 atom stereocenters. The molecule has 0 spiro atoms. The van der Waals surface area contributed by atoms with Crippen molar-refractivity contribution in [3.05, 3.63) is 35.4 Å². The number of carbonyl (C=O) groups excluding carboxylic acids is 2. The zero-order valence-corrected chi connectivity index (χ0v) is 16.7. The summed E-state index contributed by atoms with van der Waals surface area (Å²) >= 11 is 0. The molecule has 2 N–H and O–H groups in total. The van der Waals surface area contributed by atoms with Gasteiger partial charge in [0.1, 0.15) is 0 Å². The van der Waals surface area contributed by atoms with Crippen LogP contribution in [0.3, 0.4) is 0 Å². The lowest BCUT2D eigenvalue weighted by molar-refractivity contribution is -0.127. The highest BCUT2D eigenvalue weighted by molar-refractivity contribution is 5.93. The van der Waals surface area contributed by atoms with Gasteiger partial charge in [0.25, 0.3) is 5.91 Å². The fraction of sp³-hybridized carbons (Fsp3) is 0.619. The van der Waals surface area contributed by atoms with Crippen molar-refractivity contribution in [1.82, 2.24) is 15.5 Å². The third-order valence-electron chi connectivity index (χ3n) is 5.95. The summed E-state index contributed by atoms with van der Waals surface area (Å²) < 4.78 is 0. The minimum absolute atomic E-state index is 0.0894. The molecule has 0 aromatic heterocycles. The van der Waals surface area contributed by atoms with Crippen LogP contribution < -0.4 is 10.6 Å². The van der Waals surface area contributed by atoms with E-state index in [1.54, 1.807) is 7.05 Å². The lowest BCUT2D eigenvalue weighted by Gasteiger charge is -2.36. The molecule has 0 aliphatic heterocycles. The smallest absolute Gasteiger partial charge is 0.251 e. The van der Waals surface area contributed by atoms with Gasteiger partial charge in [0.05, 0.1) is 6.04 Å². The van der Waals surface area contributed by atoms with E-state index in [4.69, 9.17) is 0 Å². The van der Waals surface area contributed by atoms with Crippen molar-refractivity contribution in [2.45, 2.75) is 58.7 Å². The first-order valence-corrected chi connectivity index (χ1v) is 9.65. The predicted octanol–water partition coefficient (Wildman–Crippen LogP) is 2.81. The first-order valence-electron chi connectivity index (χ1n) is 9.65. The van der Waals surface area contributed by atoms with Crippen LogP contribution in [0, 0.1) is 11.8 Å². The van der Waals surface area contributed by atoms with Crippen LogP contribution in [0.15, 0.2) is 24.3 Å². The van der Waals surface area contributed by atoms with Gasteiger partial charge < -0.3 is 10.6 Å². The summed E-state index contributed by atoms with van der Waals surface area (Å²) in [4.78, 5) is 26.3. The quantitative estimate of drug-likeness (QED) is 0.821. The Morgan fingerprint density at radius 3 is 2.46 bits per heavy atom. The zero-order chi connectivity index (χ0) is 19.3. The maximum atomic E-state index is 12.7. The average Bonchev–Trinajstić information content (AvgIpc) is 2.64. The number of amides is 2. The molecule has 5 heteroatoms. The SMILES string of the molecule is CNC(=O)c1ccc(CN(C)[C@H](C)C(=O)N[C@@H]2CCC[C@@H](C)[C@H]2C)cc1. The molecular formula is C21H33N3O2. The van der Waals surface area contributed by atoms with Gasteiger partial charge >= 0.3 is 0 Å². The molecule has 1 aliphatic rings. The minimum atomic E-state index is -0.196. The van der Waals surface area contributed by atoms with Crippen molar-refractivity contribution in [1.29, 1.82) is 0 Å². The van der Waals surface area contributed by atoms with Crippen LogP contribution in [-0.4, -0.2) is 42.9 Å². The van der Waals surface area contributed by atoms with Crippen LogP contribution in [-0.2, 0) is 11.3 Å². The largest absolute Gasteiger partial charge is 0.355 e. The Hall–Kier alpha value is -1.88. The lowest BCUT2D eigenvalue weighted by Crippen LogP contribution is -2.50. The van der Waals surface area contributed by atoms with Gasteiger partial charge in [0, 0.05) is 25.2 Å². The molecule has 5 nitrogen and oxygen atoms in total. The standard InChI is InChI=1S/C21H33N3O2/c1-14-7-6-8-19(15(14)2)23-20(25)16(3)24(5)13-17-9-11-18(12-10-17)21(26)22-4/h9-12,14-16,19H,6-8,13H2,1-5H3,(H,22,26)(H,23,25)/t14-,15-,16-,19-/m1/s1. The van der Waals surface area contributed by atoms with Crippen molar-refractivity contribution in [2.24, 2.45) is 11.8 Å². The molecule has 1 aromatic rings. The van der Waals surface area contributed by atoms with E-state index in [0.717, 1.165) is 12.0 Å². The fourth-order valence-corrected chi connectivity index (χ4v) is 3.62. The topological polar surface area (TPSA) is 61.4 Å². The van der Waals surface area contributed by atoms with Crippen molar-refractivity contribution in [2.75, 3.05) is 14.1 Å². The molecule has 2 rings (SSSR count). The monoisotopic (exact) mass is 359 g/mol. The summed E-state index contributed by atoms with van der Waals surface area (Å²) in [6.07, 6.45) is 3.53. The van der Waals surface area contributed by atoms with Gasteiger partial charge in [0.2, 0.25) is 5.91 Å². The Kier molecular flexibility index (Phi) is 7.21. The number of nitrogens with one attached hydrogen (secondary N) is 2. The molecule has 0 saturated heterocycles. The van der Waals surface area contributed by atoms with E-state index in [-0.39, 0.29) is 23.9 Å². The van der Waals surface area contributed by atoms with Crippen LogP contribution in [0.25, 0.3) is 0 Å².